The Morgan fingerprint density at radius 3 is 2.69 bits per heavy atom. The predicted molar refractivity (Wildman–Crippen MR) is 67.2 cm³/mol. The quantitative estimate of drug-likeness (QED) is 0.573. The molecule has 3 nitrogen and oxygen atoms in total. The van der Waals surface area contributed by atoms with Crippen LogP contribution in [-0.2, 0) is 0 Å². The maximum atomic E-state index is 5.67. The summed E-state index contributed by atoms with van der Waals surface area (Å²) in [6.07, 6.45) is 0.919. The summed E-state index contributed by atoms with van der Waals surface area (Å²) in [5.41, 5.74) is 4.04. The van der Waals surface area contributed by atoms with Crippen LogP contribution in [0.2, 0.25) is 0 Å². The zero-order chi connectivity index (χ0) is 12.0. The Hall–Kier alpha value is -1.06. The first kappa shape index (κ1) is 13.0. The van der Waals surface area contributed by atoms with Crippen LogP contribution >= 0.6 is 0 Å². The van der Waals surface area contributed by atoms with Crippen LogP contribution in [0, 0.1) is 12.8 Å². The van der Waals surface area contributed by atoms with Crippen molar-refractivity contribution >= 4 is 0 Å². The lowest BCUT2D eigenvalue weighted by atomic mass is 10.0. The first-order chi connectivity index (χ1) is 7.63. The summed E-state index contributed by atoms with van der Waals surface area (Å²) in [5.74, 6) is 6.92. The van der Waals surface area contributed by atoms with Crippen molar-refractivity contribution in [2.24, 2.45) is 11.8 Å². The minimum atomic E-state index is 0.310. The first-order valence-electron chi connectivity index (χ1n) is 5.79. The van der Waals surface area contributed by atoms with Crippen molar-refractivity contribution in [2.45, 2.75) is 33.2 Å². The van der Waals surface area contributed by atoms with E-state index in [1.54, 1.807) is 0 Å². The highest BCUT2D eigenvalue weighted by Crippen LogP contribution is 2.13. The molecule has 0 radical (unpaired) electrons. The molecule has 0 amide bonds. The summed E-state index contributed by atoms with van der Waals surface area (Å²) >= 11 is 0. The van der Waals surface area contributed by atoms with Gasteiger partial charge >= 0.3 is 0 Å². The highest BCUT2D eigenvalue weighted by Gasteiger charge is 2.10. The van der Waals surface area contributed by atoms with E-state index in [9.17, 15) is 0 Å². The van der Waals surface area contributed by atoms with Crippen molar-refractivity contribution in [3.63, 3.8) is 0 Å². The molecule has 0 aliphatic heterocycles. The number of aryl methyl sites for hydroxylation is 1. The van der Waals surface area contributed by atoms with Gasteiger partial charge < -0.3 is 4.74 Å². The monoisotopic (exact) mass is 222 g/mol. The van der Waals surface area contributed by atoms with Gasteiger partial charge in [0.25, 0.3) is 0 Å². The van der Waals surface area contributed by atoms with Crippen LogP contribution in [0.1, 0.15) is 25.8 Å². The Labute approximate surface area is 98.0 Å². The van der Waals surface area contributed by atoms with E-state index in [4.69, 9.17) is 10.6 Å². The first-order valence-corrected chi connectivity index (χ1v) is 5.79. The topological polar surface area (TPSA) is 47.3 Å². The maximum Gasteiger partial charge on any atom is 0.119 e. The summed E-state index contributed by atoms with van der Waals surface area (Å²) in [7, 11) is 0. The van der Waals surface area contributed by atoms with Crippen LogP contribution in [-0.4, -0.2) is 12.6 Å². The van der Waals surface area contributed by atoms with E-state index in [-0.39, 0.29) is 0 Å². The molecule has 0 aliphatic carbocycles. The van der Waals surface area contributed by atoms with Gasteiger partial charge in [0.2, 0.25) is 0 Å². The number of ether oxygens (including phenoxy) is 1. The zero-order valence-electron chi connectivity index (χ0n) is 10.4. The van der Waals surface area contributed by atoms with Crippen molar-refractivity contribution in [3.8, 4) is 5.75 Å². The van der Waals surface area contributed by atoms with Crippen LogP contribution in [0.25, 0.3) is 0 Å². The molecule has 3 heteroatoms. The third kappa shape index (κ3) is 4.21. The molecule has 3 N–H and O–H groups in total. The number of nitrogens with one attached hydrogen (secondary N) is 1. The zero-order valence-corrected chi connectivity index (χ0v) is 10.4. The number of rotatable bonds is 6. The highest BCUT2D eigenvalue weighted by atomic mass is 16.5. The van der Waals surface area contributed by atoms with Gasteiger partial charge in [-0.1, -0.05) is 26.0 Å². The normalized spacial score (nSPS) is 12.8. The Balaban J connectivity index is 2.35. The van der Waals surface area contributed by atoms with E-state index in [0.29, 0.717) is 18.6 Å². The summed E-state index contributed by atoms with van der Waals surface area (Å²) in [4.78, 5) is 0. The van der Waals surface area contributed by atoms with Gasteiger partial charge in [-0.2, -0.15) is 0 Å². The van der Waals surface area contributed by atoms with Crippen LogP contribution < -0.4 is 16.0 Å². The van der Waals surface area contributed by atoms with E-state index in [0.717, 1.165) is 12.2 Å². The molecule has 0 heterocycles. The van der Waals surface area contributed by atoms with Gasteiger partial charge in [0.15, 0.2) is 0 Å². The second-order valence-corrected chi connectivity index (χ2v) is 4.47. The lowest BCUT2D eigenvalue weighted by Gasteiger charge is -2.19. The maximum absolute atomic E-state index is 5.67. The molecule has 0 saturated heterocycles. The minimum Gasteiger partial charge on any atom is -0.494 e. The molecule has 1 rings (SSSR count). The molecule has 0 fully saturated rings. The summed E-state index contributed by atoms with van der Waals surface area (Å²) in [6, 6.07) is 8.40. The number of hydrogen-bond acceptors (Lipinski definition) is 3. The fraction of sp³-hybridized carbons (Fsp3) is 0.538. The average Bonchev–Trinajstić information content (AvgIpc) is 2.24. The van der Waals surface area contributed by atoms with Gasteiger partial charge in [0.1, 0.15) is 5.75 Å². The molecule has 0 aliphatic rings. The smallest absolute Gasteiger partial charge is 0.119 e. The van der Waals surface area contributed by atoms with E-state index in [1.165, 1.54) is 5.56 Å². The number of hydrazine groups is 1. The standard InChI is InChI=1S/C13H22N2O/c1-10(2)13(15-14)7-8-16-12-6-4-5-11(3)9-12/h4-6,9-10,13,15H,7-8,14H2,1-3H3. The van der Waals surface area contributed by atoms with Crippen LogP contribution in [0.4, 0.5) is 0 Å². The Morgan fingerprint density at radius 1 is 1.38 bits per heavy atom. The van der Waals surface area contributed by atoms with Crippen molar-refractivity contribution in [2.75, 3.05) is 6.61 Å². The van der Waals surface area contributed by atoms with E-state index >= 15 is 0 Å². The van der Waals surface area contributed by atoms with E-state index in [2.05, 4.69) is 32.3 Å². The second-order valence-electron chi connectivity index (χ2n) is 4.47. The van der Waals surface area contributed by atoms with Crippen LogP contribution in [0.3, 0.4) is 0 Å². The van der Waals surface area contributed by atoms with Crippen molar-refractivity contribution in [1.29, 1.82) is 0 Å². The van der Waals surface area contributed by atoms with Gasteiger partial charge in [-0.25, -0.2) is 0 Å². The molecule has 1 aromatic rings. The second kappa shape index (κ2) is 6.51. The fourth-order valence-electron chi connectivity index (χ4n) is 1.62. The van der Waals surface area contributed by atoms with Crippen molar-refractivity contribution in [1.82, 2.24) is 5.43 Å². The molecule has 90 valence electrons. The summed E-state index contributed by atoms with van der Waals surface area (Å²) < 4.78 is 5.67. The molecule has 1 unspecified atom stereocenters. The molecular formula is C13H22N2O. The van der Waals surface area contributed by atoms with Crippen molar-refractivity contribution in [3.05, 3.63) is 29.8 Å². The average molecular weight is 222 g/mol. The Morgan fingerprint density at radius 2 is 2.12 bits per heavy atom. The number of benzene rings is 1. The molecule has 1 aromatic carbocycles. The Bertz CT molecular complexity index is 313. The van der Waals surface area contributed by atoms with Gasteiger partial charge in [0.05, 0.1) is 6.61 Å². The predicted octanol–water partition coefficient (Wildman–Crippen LogP) is 2.25. The number of nitrogens with two attached hydrogens (primary N) is 1. The molecule has 1 atom stereocenters. The largest absolute Gasteiger partial charge is 0.494 e. The molecular weight excluding hydrogens is 200 g/mol. The highest BCUT2D eigenvalue weighted by molar-refractivity contribution is 5.27. The molecule has 16 heavy (non-hydrogen) atoms. The van der Waals surface area contributed by atoms with Crippen LogP contribution in [0.5, 0.6) is 5.75 Å². The van der Waals surface area contributed by atoms with Crippen LogP contribution in [0.15, 0.2) is 24.3 Å². The van der Waals surface area contributed by atoms with Gasteiger partial charge in [-0.3, -0.25) is 11.3 Å². The molecule has 0 saturated carbocycles. The van der Waals surface area contributed by atoms with E-state index in [1.807, 2.05) is 18.2 Å². The fourth-order valence-corrected chi connectivity index (χ4v) is 1.62. The van der Waals surface area contributed by atoms with Gasteiger partial charge in [0, 0.05) is 6.04 Å². The van der Waals surface area contributed by atoms with Gasteiger partial charge in [-0.05, 0) is 37.0 Å². The summed E-state index contributed by atoms with van der Waals surface area (Å²) in [5, 5.41) is 0. The van der Waals surface area contributed by atoms with Crippen molar-refractivity contribution < 1.29 is 4.74 Å². The Kier molecular flexibility index (Phi) is 5.29. The minimum absolute atomic E-state index is 0.310. The lowest BCUT2D eigenvalue weighted by molar-refractivity contribution is 0.263. The molecule has 0 aromatic heterocycles. The molecule has 0 spiro atoms. The third-order valence-corrected chi connectivity index (χ3v) is 2.71. The van der Waals surface area contributed by atoms with E-state index < -0.39 is 0 Å². The molecule has 0 bridgehead atoms. The lowest BCUT2D eigenvalue weighted by Crippen LogP contribution is -2.40. The number of hydrogen-bond donors (Lipinski definition) is 2. The van der Waals surface area contributed by atoms with Gasteiger partial charge in [-0.15, -0.1) is 0 Å². The SMILES string of the molecule is Cc1cccc(OCCC(NN)C(C)C)c1. The summed E-state index contributed by atoms with van der Waals surface area (Å²) in [6.45, 7) is 7.05. The third-order valence-electron chi connectivity index (χ3n) is 2.71.